The Labute approximate surface area is 125 Å². The molecule has 1 aromatic carbocycles. The highest BCUT2D eigenvalue weighted by atomic mass is 16.3. The number of rotatable bonds is 4. The molecule has 112 valence electrons. The average molecular weight is 285 g/mol. The minimum absolute atomic E-state index is 0.508. The first-order chi connectivity index (χ1) is 10.2. The maximum atomic E-state index is 10.3. The van der Waals surface area contributed by atoms with E-state index in [1.165, 1.54) is 32.1 Å². The first-order valence-electron chi connectivity index (χ1n) is 7.80. The van der Waals surface area contributed by atoms with E-state index < -0.39 is 6.10 Å². The Balaban J connectivity index is 1.68. The molecule has 1 saturated carbocycles. The molecular weight excluding hydrogens is 262 g/mol. The maximum Gasteiger partial charge on any atom is 0.0865 e. The summed E-state index contributed by atoms with van der Waals surface area (Å²) in [7, 11) is 0. The van der Waals surface area contributed by atoms with Gasteiger partial charge in [-0.1, -0.05) is 37.5 Å². The molecule has 1 unspecified atom stereocenters. The van der Waals surface area contributed by atoms with Crippen LogP contribution in [0.5, 0.6) is 0 Å². The molecule has 0 spiro atoms. The summed E-state index contributed by atoms with van der Waals surface area (Å²) < 4.78 is 2.08. The Hall–Kier alpha value is -1.81. The van der Waals surface area contributed by atoms with Gasteiger partial charge in [0, 0.05) is 23.9 Å². The summed E-state index contributed by atoms with van der Waals surface area (Å²) in [5.74, 6) is 0. The molecule has 2 aromatic rings. The monoisotopic (exact) mass is 285 g/mol. The minimum Gasteiger partial charge on any atom is -0.398 e. The van der Waals surface area contributed by atoms with Gasteiger partial charge in [0.25, 0.3) is 0 Å². The number of aromatic nitrogens is 2. The lowest BCUT2D eigenvalue weighted by molar-refractivity contribution is 0.177. The number of nitrogens with zero attached hydrogens (tertiary/aromatic N) is 2. The average Bonchev–Trinajstić information content (AvgIpc) is 2.97. The van der Waals surface area contributed by atoms with Crippen LogP contribution in [0.1, 0.15) is 55.5 Å². The van der Waals surface area contributed by atoms with E-state index in [1.54, 1.807) is 0 Å². The number of benzene rings is 1. The molecule has 4 nitrogen and oxygen atoms in total. The first kappa shape index (κ1) is 14.1. The molecule has 1 fully saturated rings. The smallest absolute Gasteiger partial charge is 0.0865 e. The van der Waals surface area contributed by atoms with E-state index in [4.69, 9.17) is 5.73 Å². The number of nitrogen functional groups attached to an aromatic ring is 1. The van der Waals surface area contributed by atoms with Crippen molar-refractivity contribution in [1.29, 1.82) is 0 Å². The number of para-hydroxylation sites is 1. The largest absolute Gasteiger partial charge is 0.398 e. The van der Waals surface area contributed by atoms with Crippen LogP contribution in [-0.2, 0) is 6.42 Å². The molecule has 0 aliphatic heterocycles. The third-order valence-corrected chi connectivity index (χ3v) is 4.37. The Morgan fingerprint density at radius 3 is 2.71 bits per heavy atom. The van der Waals surface area contributed by atoms with Gasteiger partial charge < -0.3 is 10.8 Å². The second-order valence-electron chi connectivity index (χ2n) is 5.93. The third-order valence-electron chi connectivity index (χ3n) is 4.37. The third kappa shape index (κ3) is 3.27. The lowest BCUT2D eigenvalue weighted by atomic mass is 9.96. The highest BCUT2D eigenvalue weighted by molar-refractivity contribution is 5.47. The zero-order valence-electron chi connectivity index (χ0n) is 12.3. The van der Waals surface area contributed by atoms with Crippen molar-refractivity contribution in [2.45, 2.75) is 50.7 Å². The molecule has 4 heteroatoms. The number of hydrogen-bond acceptors (Lipinski definition) is 3. The molecule has 0 radical (unpaired) electrons. The van der Waals surface area contributed by atoms with Gasteiger partial charge in [0.15, 0.2) is 0 Å². The van der Waals surface area contributed by atoms with E-state index in [0.717, 1.165) is 11.3 Å². The minimum atomic E-state index is -0.596. The fraction of sp³-hybridized carbons (Fsp3) is 0.471. The van der Waals surface area contributed by atoms with Crippen LogP contribution in [0.15, 0.2) is 36.5 Å². The van der Waals surface area contributed by atoms with Gasteiger partial charge in [0.05, 0.1) is 17.8 Å². The van der Waals surface area contributed by atoms with Crippen molar-refractivity contribution >= 4 is 5.69 Å². The Morgan fingerprint density at radius 1 is 1.19 bits per heavy atom. The molecule has 1 aliphatic carbocycles. The van der Waals surface area contributed by atoms with Gasteiger partial charge in [-0.3, -0.25) is 4.68 Å². The molecule has 1 aromatic heterocycles. The number of anilines is 1. The fourth-order valence-electron chi connectivity index (χ4n) is 3.16. The Bertz CT molecular complexity index is 587. The van der Waals surface area contributed by atoms with Crippen molar-refractivity contribution < 1.29 is 5.11 Å². The summed E-state index contributed by atoms with van der Waals surface area (Å²) in [5, 5.41) is 15.0. The number of nitrogens with two attached hydrogens (primary N) is 1. The molecule has 1 heterocycles. The van der Waals surface area contributed by atoms with Gasteiger partial charge in [0.2, 0.25) is 0 Å². The van der Waals surface area contributed by atoms with Crippen LogP contribution in [0.3, 0.4) is 0 Å². The SMILES string of the molecule is Nc1ccccc1C(O)Cc1ccn(C2CCCCC2)n1. The zero-order valence-corrected chi connectivity index (χ0v) is 12.3. The normalized spacial score (nSPS) is 17.8. The zero-order chi connectivity index (χ0) is 14.7. The second-order valence-corrected chi connectivity index (χ2v) is 5.93. The summed E-state index contributed by atoms with van der Waals surface area (Å²) in [6.45, 7) is 0. The molecule has 0 bridgehead atoms. The number of aliphatic hydroxyl groups excluding tert-OH is 1. The molecule has 1 atom stereocenters. The lowest BCUT2D eigenvalue weighted by Gasteiger charge is -2.21. The fourth-order valence-corrected chi connectivity index (χ4v) is 3.16. The molecule has 1 aliphatic rings. The van der Waals surface area contributed by atoms with Gasteiger partial charge in [0.1, 0.15) is 0 Å². The van der Waals surface area contributed by atoms with E-state index in [0.29, 0.717) is 18.2 Å². The van der Waals surface area contributed by atoms with Crippen LogP contribution >= 0.6 is 0 Å². The van der Waals surface area contributed by atoms with E-state index in [2.05, 4.69) is 9.78 Å². The van der Waals surface area contributed by atoms with Crippen molar-refractivity contribution in [3.05, 3.63) is 47.8 Å². The summed E-state index contributed by atoms with van der Waals surface area (Å²) >= 11 is 0. The van der Waals surface area contributed by atoms with Gasteiger partial charge in [-0.15, -0.1) is 0 Å². The van der Waals surface area contributed by atoms with Gasteiger partial charge >= 0.3 is 0 Å². The predicted molar refractivity (Wildman–Crippen MR) is 83.9 cm³/mol. The van der Waals surface area contributed by atoms with E-state index in [9.17, 15) is 5.11 Å². The standard InChI is InChI=1S/C17H23N3O/c18-16-9-5-4-8-15(16)17(21)12-13-10-11-20(19-13)14-6-2-1-3-7-14/h4-5,8-11,14,17,21H,1-3,6-7,12,18H2. The molecule has 0 saturated heterocycles. The summed E-state index contributed by atoms with van der Waals surface area (Å²) in [5.41, 5.74) is 8.26. The second kappa shape index (κ2) is 6.31. The van der Waals surface area contributed by atoms with Crippen molar-refractivity contribution in [1.82, 2.24) is 9.78 Å². The van der Waals surface area contributed by atoms with Gasteiger partial charge in [-0.2, -0.15) is 5.10 Å². The summed E-state index contributed by atoms with van der Waals surface area (Å²) in [6, 6.07) is 10.0. The number of aliphatic hydroxyl groups is 1. The lowest BCUT2D eigenvalue weighted by Crippen LogP contribution is -2.14. The molecule has 3 N–H and O–H groups in total. The van der Waals surface area contributed by atoms with Crippen LogP contribution in [-0.4, -0.2) is 14.9 Å². The van der Waals surface area contributed by atoms with Crippen molar-refractivity contribution in [2.75, 3.05) is 5.73 Å². The Kier molecular flexibility index (Phi) is 4.25. The van der Waals surface area contributed by atoms with Crippen LogP contribution in [0.25, 0.3) is 0 Å². The quantitative estimate of drug-likeness (QED) is 0.848. The highest BCUT2D eigenvalue weighted by Gasteiger charge is 2.17. The van der Waals surface area contributed by atoms with Crippen LogP contribution in [0.4, 0.5) is 5.69 Å². The van der Waals surface area contributed by atoms with Crippen molar-refractivity contribution in [3.63, 3.8) is 0 Å². The summed E-state index contributed by atoms with van der Waals surface area (Å²) in [6.07, 6.45) is 8.33. The molecule has 21 heavy (non-hydrogen) atoms. The molecule has 3 rings (SSSR count). The first-order valence-corrected chi connectivity index (χ1v) is 7.80. The highest BCUT2D eigenvalue weighted by Crippen LogP contribution is 2.28. The summed E-state index contributed by atoms with van der Waals surface area (Å²) in [4.78, 5) is 0. The topological polar surface area (TPSA) is 64.1 Å². The Morgan fingerprint density at radius 2 is 1.95 bits per heavy atom. The van der Waals surface area contributed by atoms with Crippen molar-refractivity contribution in [2.24, 2.45) is 0 Å². The number of hydrogen-bond donors (Lipinski definition) is 2. The van der Waals surface area contributed by atoms with Crippen molar-refractivity contribution in [3.8, 4) is 0 Å². The molecular formula is C17H23N3O. The van der Waals surface area contributed by atoms with E-state index in [-0.39, 0.29) is 0 Å². The van der Waals surface area contributed by atoms with E-state index in [1.807, 2.05) is 36.5 Å². The van der Waals surface area contributed by atoms with Crippen LogP contribution in [0.2, 0.25) is 0 Å². The van der Waals surface area contributed by atoms with E-state index >= 15 is 0 Å². The predicted octanol–water partition coefficient (Wildman–Crippen LogP) is 3.25. The molecule has 0 amide bonds. The van der Waals surface area contributed by atoms with Gasteiger partial charge in [-0.05, 0) is 25.0 Å². The van der Waals surface area contributed by atoms with Crippen LogP contribution in [0, 0.1) is 0 Å². The van der Waals surface area contributed by atoms with Gasteiger partial charge in [-0.25, -0.2) is 0 Å². The van der Waals surface area contributed by atoms with Crippen LogP contribution < -0.4 is 5.73 Å². The maximum absolute atomic E-state index is 10.3.